The van der Waals surface area contributed by atoms with Crippen LogP contribution in [0.15, 0.2) is 54.6 Å². The summed E-state index contributed by atoms with van der Waals surface area (Å²) < 4.78 is 0. The number of hydrogen-bond acceptors (Lipinski definition) is 3. The fourth-order valence-electron chi connectivity index (χ4n) is 3.07. The van der Waals surface area contributed by atoms with Crippen molar-refractivity contribution in [2.75, 3.05) is 11.9 Å². The van der Waals surface area contributed by atoms with E-state index in [0.29, 0.717) is 22.1 Å². The number of carboxylic acids is 1. The van der Waals surface area contributed by atoms with E-state index < -0.39 is 5.97 Å². The zero-order chi connectivity index (χ0) is 20.3. The molecule has 0 amide bonds. The molecule has 0 spiro atoms. The van der Waals surface area contributed by atoms with E-state index in [9.17, 15) is 9.90 Å². The minimum atomic E-state index is -0.921. The minimum absolute atomic E-state index is 0.318. The molecule has 0 bridgehead atoms. The van der Waals surface area contributed by atoms with Gasteiger partial charge in [-0.1, -0.05) is 53.6 Å². The van der Waals surface area contributed by atoms with Crippen molar-refractivity contribution < 1.29 is 9.90 Å². The van der Waals surface area contributed by atoms with Crippen molar-refractivity contribution in [3.63, 3.8) is 0 Å². The van der Waals surface area contributed by atoms with Gasteiger partial charge in [0.15, 0.2) is 0 Å². The Hall–Kier alpha value is -2.56. The molecule has 0 fully saturated rings. The monoisotopic (exact) mass is 411 g/mol. The molecule has 0 radical (unpaired) electrons. The van der Waals surface area contributed by atoms with E-state index in [0.717, 1.165) is 27.1 Å². The second-order valence-electron chi connectivity index (χ2n) is 6.65. The number of aryl methyl sites for hydroxylation is 2. The van der Waals surface area contributed by atoms with Gasteiger partial charge in [0, 0.05) is 16.4 Å². The number of thiophene rings is 1. The number of anilines is 1. The highest BCUT2D eigenvalue weighted by Crippen LogP contribution is 2.35. The molecule has 0 unspecified atom stereocenters. The molecule has 0 saturated carbocycles. The quantitative estimate of drug-likeness (QED) is 0.463. The first-order valence-electron chi connectivity index (χ1n) is 8.98. The third-order valence-corrected chi connectivity index (χ3v) is 6.02. The molecule has 0 aliphatic rings. The maximum Gasteiger partial charge on any atom is 0.348 e. The van der Waals surface area contributed by atoms with Crippen LogP contribution in [-0.4, -0.2) is 17.6 Å². The van der Waals surface area contributed by atoms with Crippen LogP contribution in [0.4, 0.5) is 5.69 Å². The zero-order valence-electron chi connectivity index (χ0n) is 16.0. The molecule has 2 aromatic carbocycles. The summed E-state index contributed by atoms with van der Waals surface area (Å²) in [5.41, 5.74) is 6.11. The fraction of sp³-hybridized carbons (Fsp3) is 0.174. The van der Waals surface area contributed by atoms with E-state index in [1.165, 1.54) is 16.9 Å². The van der Waals surface area contributed by atoms with Gasteiger partial charge in [-0.15, -0.1) is 11.3 Å². The molecule has 5 heteroatoms. The highest BCUT2D eigenvalue weighted by Gasteiger charge is 2.17. The van der Waals surface area contributed by atoms with Crippen LogP contribution in [0.1, 0.15) is 33.3 Å². The van der Waals surface area contributed by atoms with E-state index in [4.69, 9.17) is 11.6 Å². The second-order valence-corrected chi connectivity index (χ2v) is 8.14. The van der Waals surface area contributed by atoms with Gasteiger partial charge in [0.1, 0.15) is 4.88 Å². The maximum atomic E-state index is 11.7. The summed E-state index contributed by atoms with van der Waals surface area (Å²) in [5.74, 6) is -0.921. The molecule has 0 aliphatic carbocycles. The predicted molar refractivity (Wildman–Crippen MR) is 120 cm³/mol. The Balaban J connectivity index is 1.86. The molecule has 1 aromatic heterocycles. The van der Waals surface area contributed by atoms with E-state index >= 15 is 0 Å². The summed E-state index contributed by atoms with van der Waals surface area (Å²) >= 11 is 7.35. The van der Waals surface area contributed by atoms with Crippen molar-refractivity contribution in [2.24, 2.45) is 0 Å². The van der Waals surface area contributed by atoms with Gasteiger partial charge in [-0.3, -0.25) is 0 Å². The van der Waals surface area contributed by atoms with Gasteiger partial charge in [-0.2, -0.15) is 0 Å². The highest BCUT2D eigenvalue weighted by molar-refractivity contribution is 7.18. The normalized spacial score (nSPS) is 11.5. The zero-order valence-corrected chi connectivity index (χ0v) is 17.6. The number of nitrogens with one attached hydrogen (secondary N) is 1. The van der Waals surface area contributed by atoms with Gasteiger partial charge in [0.05, 0.1) is 5.69 Å². The summed E-state index contributed by atoms with van der Waals surface area (Å²) in [6, 6.07) is 15.8. The van der Waals surface area contributed by atoms with Gasteiger partial charge in [0.25, 0.3) is 0 Å². The van der Waals surface area contributed by atoms with E-state index in [2.05, 4.69) is 5.32 Å². The van der Waals surface area contributed by atoms with Crippen molar-refractivity contribution in [3.8, 4) is 10.4 Å². The number of carboxylic acid groups (broad SMARTS) is 1. The van der Waals surface area contributed by atoms with Crippen LogP contribution in [0, 0.1) is 13.8 Å². The van der Waals surface area contributed by atoms with E-state index in [1.54, 1.807) is 0 Å². The molecule has 2 N–H and O–H groups in total. The van der Waals surface area contributed by atoms with Crippen molar-refractivity contribution in [1.29, 1.82) is 0 Å². The first kappa shape index (κ1) is 20.2. The Labute approximate surface area is 174 Å². The fourth-order valence-corrected chi connectivity index (χ4v) is 4.28. The number of hydrogen-bond donors (Lipinski definition) is 2. The van der Waals surface area contributed by atoms with Gasteiger partial charge < -0.3 is 10.4 Å². The van der Waals surface area contributed by atoms with Crippen LogP contribution in [0.2, 0.25) is 5.02 Å². The van der Waals surface area contributed by atoms with Crippen LogP contribution in [-0.2, 0) is 0 Å². The van der Waals surface area contributed by atoms with Crippen molar-refractivity contribution in [2.45, 2.75) is 20.8 Å². The third-order valence-electron chi connectivity index (χ3n) is 4.61. The Bertz CT molecular complexity index is 1040. The summed E-state index contributed by atoms with van der Waals surface area (Å²) in [7, 11) is 0. The number of rotatable bonds is 6. The lowest BCUT2D eigenvalue weighted by atomic mass is 10.0. The molecule has 0 atom stereocenters. The molecular weight excluding hydrogens is 390 g/mol. The SMILES string of the molecule is CC=C(CNc1cc(-c2ccc(C)cc2)sc1C(=O)O)c1ccc(Cl)cc1C. The number of aromatic carboxylic acids is 1. The number of allylic oxidation sites excluding steroid dienone is 1. The molecule has 3 aromatic rings. The van der Waals surface area contributed by atoms with Crippen LogP contribution in [0.5, 0.6) is 0 Å². The number of carbonyl (C=O) groups is 1. The van der Waals surface area contributed by atoms with Crippen LogP contribution < -0.4 is 5.32 Å². The van der Waals surface area contributed by atoms with Gasteiger partial charge in [-0.05, 0) is 61.2 Å². The molecule has 28 heavy (non-hydrogen) atoms. The highest BCUT2D eigenvalue weighted by atomic mass is 35.5. The molecule has 0 aliphatic heterocycles. The number of benzene rings is 2. The lowest BCUT2D eigenvalue weighted by Crippen LogP contribution is -2.07. The van der Waals surface area contributed by atoms with E-state index in [1.807, 2.05) is 75.4 Å². The lowest BCUT2D eigenvalue weighted by molar-refractivity contribution is 0.0703. The van der Waals surface area contributed by atoms with Crippen molar-refractivity contribution >= 4 is 40.2 Å². The van der Waals surface area contributed by atoms with Gasteiger partial charge >= 0.3 is 5.97 Å². The van der Waals surface area contributed by atoms with Crippen LogP contribution >= 0.6 is 22.9 Å². The molecule has 3 rings (SSSR count). The van der Waals surface area contributed by atoms with Gasteiger partial charge in [0.2, 0.25) is 0 Å². The Kier molecular flexibility index (Phi) is 6.22. The molecular formula is C23H22ClNO2S. The molecule has 3 nitrogen and oxygen atoms in total. The Morgan fingerprint density at radius 1 is 1.14 bits per heavy atom. The summed E-state index contributed by atoms with van der Waals surface area (Å²) in [4.78, 5) is 13.0. The Morgan fingerprint density at radius 2 is 1.86 bits per heavy atom. The van der Waals surface area contributed by atoms with Gasteiger partial charge in [-0.25, -0.2) is 4.79 Å². The first-order valence-corrected chi connectivity index (χ1v) is 10.2. The van der Waals surface area contributed by atoms with Crippen molar-refractivity contribution in [3.05, 3.63) is 81.2 Å². The molecule has 0 saturated heterocycles. The smallest absolute Gasteiger partial charge is 0.348 e. The average Bonchev–Trinajstić information content (AvgIpc) is 3.08. The first-order chi connectivity index (χ1) is 13.4. The second kappa shape index (κ2) is 8.63. The molecule has 144 valence electrons. The predicted octanol–water partition coefficient (Wildman–Crippen LogP) is 6.90. The maximum absolute atomic E-state index is 11.7. The minimum Gasteiger partial charge on any atom is -0.477 e. The van der Waals surface area contributed by atoms with Crippen LogP contribution in [0.3, 0.4) is 0 Å². The lowest BCUT2D eigenvalue weighted by Gasteiger charge is -2.13. The number of halogens is 1. The topological polar surface area (TPSA) is 49.3 Å². The van der Waals surface area contributed by atoms with Crippen LogP contribution in [0.25, 0.3) is 16.0 Å². The summed E-state index contributed by atoms with van der Waals surface area (Å²) in [6.45, 7) is 6.57. The summed E-state index contributed by atoms with van der Waals surface area (Å²) in [5, 5.41) is 13.6. The Morgan fingerprint density at radius 3 is 2.46 bits per heavy atom. The summed E-state index contributed by atoms with van der Waals surface area (Å²) in [6.07, 6.45) is 2.04. The largest absolute Gasteiger partial charge is 0.477 e. The van der Waals surface area contributed by atoms with Crippen molar-refractivity contribution in [1.82, 2.24) is 0 Å². The standard InChI is InChI=1S/C23H22ClNO2S/c1-4-16(19-10-9-18(24)11-15(19)3)13-25-20-12-21(28-22(20)23(26)27)17-7-5-14(2)6-8-17/h4-12,25H,13H2,1-3H3,(H,26,27). The average molecular weight is 412 g/mol. The van der Waals surface area contributed by atoms with E-state index in [-0.39, 0.29) is 0 Å². The third kappa shape index (κ3) is 4.46. The molecule has 1 heterocycles.